The summed E-state index contributed by atoms with van der Waals surface area (Å²) >= 11 is 0. The molecule has 1 heterocycles. The van der Waals surface area contributed by atoms with Crippen LogP contribution in [-0.2, 0) is 6.18 Å². The van der Waals surface area contributed by atoms with Gasteiger partial charge >= 0.3 is 6.18 Å². The van der Waals surface area contributed by atoms with Crippen molar-refractivity contribution in [2.45, 2.75) is 51.2 Å². The first-order chi connectivity index (χ1) is 9.94. The number of hydrogen-bond acceptors (Lipinski definition) is 4. The van der Waals surface area contributed by atoms with Gasteiger partial charge in [0.15, 0.2) is 5.69 Å². The summed E-state index contributed by atoms with van der Waals surface area (Å²) in [5, 5.41) is 5.76. The Morgan fingerprint density at radius 2 is 1.95 bits per heavy atom. The first-order valence-electron chi connectivity index (χ1n) is 7.34. The van der Waals surface area contributed by atoms with Crippen molar-refractivity contribution in [3.8, 4) is 0 Å². The SMILES string of the molecule is CCC1CCCCC1Nc1cc(C(F)(F)F)nc(NC)n1. The van der Waals surface area contributed by atoms with Crippen molar-refractivity contribution < 1.29 is 13.2 Å². The van der Waals surface area contributed by atoms with Gasteiger partial charge in [0.2, 0.25) is 5.95 Å². The van der Waals surface area contributed by atoms with Crippen molar-refractivity contribution in [1.82, 2.24) is 9.97 Å². The molecule has 0 radical (unpaired) electrons. The minimum absolute atomic E-state index is 0.0174. The molecule has 2 rings (SSSR count). The predicted octanol–water partition coefficient (Wildman–Crippen LogP) is 3.92. The van der Waals surface area contributed by atoms with Gasteiger partial charge in [-0.1, -0.05) is 26.2 Å². The number of aromatic nitrogens is 2. The van der Waals surface area contributed by atoms with Crippen molar-refractivity contribution in [2.75, 3.05) is 17.7 Å². The van der Waals surface area contributed by atoms with Gasteiger partial charge in [0.25, 0.3) is 0 Å². The van der Waals surface area contributed by atoms with Crippen molar-refractivity contribution in [3.05, 3.63) is 11.8 Å². The Morgan fingerprint density at radius 1 is 1.24 bits per heavy atom. The fourth-order valence-electron chi connectivity index (χ4n) is 2.85. The van der Waals surface area contributed by atoms with Crippen LogP contribution in [-0.4, -0.2) is 23.1 Å². The number of nitrogens with one attached hydrogen (secondary N) is 2. The van der Waals surface area contributed by atoms with Crippen LogP contribution in [0.1, 0.15) is 44.7 Å². The maximum absolute atomic E-state index is 12.9. The highest BCUT2D eigenvalue weighted by Crippen LogP contribution is 2.32. The zero-order valence-corrected chi connectivity index (χ0v) is 12.3. The predicted molar refractivity (Wildman–Crippen MR) is 76.2 cm³/mol. The molecule has 0 amide bonds. The van der Waals surface area contributed by atoms with Crippen molar-refractivity contribution in [3.63, 3.8) is 0 Å². The lowest BCUT2D eigenvalue weighted by molar-refractivity contribution is -0.141. The summed E-state index contributed by atoms with van der Waals surface area (Å²) in [7, 11) is 1.51. The molecular weight excluding hydrogens is 281 g/mol. The molecule has 2 unspecified atom stereocenters. The molecule has 4 nitrogen and oxygen atoms in total. The lowest BCUT2D eigenvalue weighted by atomic mass is 9.83. The maximum Gasteiger partial charge on any atom is 0.433 e. The second kappa shape index (κ2) is 6.49. The number of alkyl halides is 3. The van der Waals surface area contributed by atoms with Crippen LogP contribution in [0.3, 0.4) is 0 Å². The molecular formula is C14H21F3N4. The molecule has 2 N–H and O–H groups in total. The van der Waals surface area contributed by atoms with Crippen LogP contribution < -0.4 is 10.6 Å². The molecule has 118 valence electrons. The van der Waals surface area contributed by atoms with E-state index >= 15 is 0 Å². The summed E-state index contributed by atoms with van der Waals surface area (Å²) in [6, 6.07) is 1.17. The van der Waals surface area contributed by atoms with Gasteiger partial charge in [-0.2, -0.15) is 18.2 Å². The van der Waals surface area contributed by atoms with E-state index < -0.39 is 11.9 Å². The van der Waals surface area contributed by atoms with E-state index in [0.29, 0.717) is 5.92 Å². The summed E-state index contributed by atoms with van der Waals surface area (Å²) in [5.41, 5.74) is -0.923. The molecule has 0 aromatic carbocycles. The Hall–Kier alpha value is -1.53. The second-order valence-corrected chi connectivity index (χ2v) is 5.41. The molecule has 1 aliphatic carbocycles. The van der Waals surface area contributed by atoms with Gasteiger partial charge in [-0.25, -0.2) is 4.98 Å². The Balaban J connectivity index is 2.22. The van der Waals surface area contributed by atoms with Crippen molar-refractivity contribution in [1.29, 1.82) is 0 Å². The van der Waals surface area contributed by atoms with Crippen molar-refractivity contribution >= 4 is 11.8 Å². The number of nitrogens with zero attached hydrogens (tertiary/aromatic N) is 2. The first kappa shape index (κ1) is 15.9. The Kier molecular flexibility index (Phi) is 4.90. The third kappa shape index (κ3) is 3.98. The summed E-state index contributed by atoms with van der Waals surface area (Å²) in [4.78, 5) is 7.56. The highest BCUT2D eigenvalue weighted by Gasteiger charge is 2.34. The summed E-state index contributed by atoms with van der Waals surface area (Å²) in [5.74, 6) is 0.712. The Morgan fingerprint density at radius 3 is 2.57 bits per heavy atom. The molecule has 2 atom stereocenters. The normalized spacial score (nSPS) is 22.9. The van der Waals surface area contributed by atoms with Crippen LogP contribution in [0.15, 0.2) is 6.07 Å². The van der Waals surface area contributed by atoms with Crippen LogP contribution in [0.2, 0.25) is 0 Å². The first-order valence-corrected chi connectivity index (χ1v) is 7.34. The van der Waals surface area contributed by atoms with E-state index in [0.717, 1.165) is 31.7 Å². The minimum Gasteiger partial charge on any atom is -0.367 e. The van der Waals surface area contributed by atoms with Gasteiger partial charge in [-0.05, 0) is 18.8 Å². The smallest absolute Gasteiger partial charge is 0.367 e. The minimum atomic E-state index is -4.47. The third-order valence-electron chi connectivity index (χ3n) is 4.01. The summed E-state index contributed by atoms with van der Waals surface area (Å²) in [6.07, 6.45) is 0.929. The van der Waals surface area contributed by atoms with Crippen LogP contribution in [0.5, 0.6) is 0 Å². The highest BCUT2D eigenvalue weighted by molar-refractivity contribution is 5.43. The molecule has 1 aromatic rings. The lowest BCUT2D eigenvalue weighted by Gasteiger charge is -2.32. The van der Waals surface area contributed by atoms with E-state index in [4.69, 9.17) is 0 Å². The maximum atomic E-state index is 12.9. The number of hydrogen-bond donors (Lipinski definition) is 2. The third-order valence-corrected chi connectivity index (χ3v) is 4.01. The van der Waals surface area contributed by atoms with E-state index in [1.165, 1.54) is 13.5 Å². The molecule has 0 spiro atoms. The van der Waals surface area contributed by atoms with Gasteiger partial charge in [0, 0.05) is 19.2 Å². The van der Waals surface area contributed by atoms with Gasteiger partial charge < -0.3 is 10.6 Å². The Labute approximate surface area is 122 Å². The number of anilines is 2. The molecule has 1 aliphatic rings. The van der Waals surface area contributed by atoms with Gasteiger partial charge in [-0.3, -0.25) is 0 Å². The summed E-state index contributed by atoms with van der Waals surface area (Å²) in [6.45, 7) is 2.12. The Bertz CT molecular complexity index is 476. The number of rotatable bonds is 4. The zero-order valence-electron chi connectivity index (χ0n) is 12.3. The van der Waals surface area contributed by atoms with Crippen molar-refractivity contribution in [2.24, 2.45) is 5.92 Å². The van der Waals surface area contributed by atoms with Gasteiger partial charge in [0.05, 0.1) is 0 Å². The fourth-order valence-corrected chi connectivity index (χ4v) is 2.85. The quantitative estimate of drug-likeness (QED) is 0.885. The van der Waals surface area contributed by atoms with Gasteiger partial charge in [0.1, 0.15) is 5.82 Å². The largest absolute Gasteiger partial charge is 0.433 e. The van der Waals surface area contributed by atoms with Crippen LogP contribution >= 0.6 is 0 Å². The molecule has 7 heteroatoms. The standard InChI is InChI=1S/C14H21F3N4/c1-3-9-6-4-5-7-10(9)19-12-8-11(14(15,16)17)20-13(18-2)21-12/h8-10H,3-7H2,1-2H3,(H2,18,19,20,21). The average molecular weight is 302 g/mol. The molecule has 1 aromatic heterocycles. The fraction of sp³-hybridized carbons (Fsp3) is 0.714. The van der Waals surface area contributed by atoms with E-state index in [1.807, 2.05) is 0 Å². The van der Waals surface area contributed by atoms with E-state index in [1.54, 1.807) is 0 Å². The van der Waals surface area contributed by atoms with Crippen LogP contribution in [0.4, 0.5) is 24.9 Å². The van der Waals surface area contributed by atoms with Crippen LogP contribution in [0, 0.1) is 5.92 Å². The highest BCUT2D eigenvalue weighted by atomic mass is 19.4. The van der Waals surface area contributed by atoms with Gasteiger partial charge in [-0.15, -0.1) is 0 Å². The molecule has 0 bridgehead atoms. The lowest BCUT2D eigenvalue weighted by Crippen LogP contribution is -2.32. The zero-order chi connectivity index (χ0) is 15.5. The molecule has 0 aliphatic heterocycles. The molecule has 21 heavy (non-hydrogen) atoms. The second-order valence-electron chi connectivity index (χ2n) is 5.41. The van der Waals surface area contributed by atoms with E-state index in [-0.39, 0.29) is 17.8 Å². The monoisotopic (exact) mass is 302 g/mol. The average Bonchev–Trinajstić information content (AvgIpc) is 2.46. The molecule has 0 saturated heterocycles. The van der Waals surface area contributed by atoms with Crippen LogP contribution in [0.25, 0.3) is 0 Å². The molecule has 1 fully saturated rings. The molecule has 1 saturated carbocycles. The summed E-state index contributed by atoms with van der Waals surface area (Å²) < 4.78 is 38.6. The number of halogens is 3. The van der Waals surface area contributed by atoms with E-state index in [2.05, 4.69) is 27.5 Å². The van der Waals surface area contributed by atoms with E-state index in [9.17, 15) is 13.2 Å². The topological polar surface area (TPSA) is 49.8 Å².